The molecule has 0 saturated carbocycles. The van der Waals surface area contributed by atoms with Crippen LogP contribution in [0.1, 0.15) is 40.0 Å². The minimum absolute atomic E-state index is 0.0594. The van der Waals surface area contributed by atoms with Gasteiger partial charge in [-0.15, -0.1) is 0 Å². The average molecular weight is 293 g/mol. The Morgan fingerprint density at radius 3 is 2.61 bits per heavy atom. The average Bonchev–Trinajstić information content (AvgIpc) is 2.27. The summed E-state index contributed by atoms with van der Waals surface area (Å²) in [5.41, 5.74) is 5.08. The second kappa shape index (κ2) is 5.81. The molecule has 0 radical (unpaired) electrons. The van der Waals surface area contributed by atoms with Crippen molar-refractivity contribution in [2.75, 3.05) is 13.1 Å². The number of hydrogen-bond acceptors (Lipinski definition) is 3. The summed E-state index contributed by atoms with van der Waals surface area (Å²) in [6, 6.07) is 0.0594. The molecule has 1 rings (SSSR count). The van der Waals surface area contributed by atoms with E-state index >= 15 is 0 Å². The molecule has 0 bridgehead atoms. The first-order chi connectivity index (χ1) is 8.17. The van der Waals surface area contributed by atoms with Gasteiger partial charge in [0, 0.05) is 24.5 Å². The quantitative estimate of drug-likeness (QED) is 0.742. The summed E-state index contributed by atoms with van der Waals surface area (Å²) < 4.78 is 28.5. The van der Waals surface area contributed by atoms with Gasteiger partial charge in [0.1, 0.15) is 0 Å². The Morgan fingerprint density at radius 1 is 1.50 bits per heavy atom. The Hall–Kier alpha value is -0.240. The standard InChI is InChI=1S/C11H23N3O2S2/c1-9-6-4-5-7-14(9)18(15,16)13-8-11(2,3)10(12)17/h9,13H,4-8H2,1-3H3,(H2,12,17). The lowest BCUT2D eigenvalue weighted by Crippen LogP contribution is -2.51. The zero-order valence-electron chi connectivity index (χ0n) is 11.3. The lowest BCUT2D eigenvalue weighted by molar-refractivity contribution is 0.264. The maximum atomic E-state index is 12.2. The molecule has 1 unspecified atom stereocenters. The highest BCUT2D eigenvalue weighted by Gasteiger charge is 2.31. The van der Waals surface area contributed by atoms with E-state index in [0.717, 1.165) is 19.3 Å². The maximum Gasteiger partial charge on any atom is 0.279 e. The van der Waals surface area contributed by atoms with Crippen molar-refractivity contribution in [3.63, 3.8) is 0 Å². The fourth-order valence-corrected chi connectivity index (χ4v) is 3.60. The van der Waals surface area contributed by atoms with Gasteiger partial charge in [0.25, 0.3) is 10.2 Å². The molecule has 7 heteroatoms. The van der Waals surface area contributed by atoms with Crippen molar-refractivity contribution in [2.24, 2.45) is 11.1 Å². The van der Waals surface area contributed by atoms with Gasteiger partial charge in [-0.25, -0.2) is 4.72 Å². The highest BCUT2D eigenvalue weighted by molar-refractivity contribution is 7.87. The molecule has 1 aliphatic heterocycles. The molecule has 1 aliphatic rings. The Kier molecular flexibility index (Phi) is 5.11. The minimum atomic E-state index is -3.43. The van der Waals surface area contributed by atoms with Crippen LogP contribution < -0.4 is 10.5 Å². The molecule has 5 nitrogen and oxygen atoms in total. The normalized spacial score (nSPS) is 22.9. The molecule has 0 amide bonds. The summed E-state index contributed by atoms with van der Waals surface area (Å²) in [6.45, 7) is 6.42. The smallest absolute Gasteiger partial charge is 0.279 e. The second-order valence-electron chi connectivity index (χ2n) is 5.53. The zero-order valence-corrected chi connectivity index (χ0v) is 12.9. The van der Waals surface area contributed by atoms with Crippen molar-refractivity contribution in [2.45, 2.75) is 46.1 Å². The van der Waals surface area contributed by atoms with E-state index in [2.05, 4.69) is 4.72 Å². The fourth-order valence-electron chi connectivity index (χ4n) is 1.87. The number of nitrogens with zero attached hydrogens (tertiary/aromatic N) is 1. The van der Waals surface area contributed by atoms with Gasteiger partial charge in [-0.05, 0) is 19.8 Å². The van der Waals surface area contributed by atoms with E-state index in [9.17, 15) is 8.42 Å². The molecule has 106 valence electrons. The molecule has 0 spiro atoms. The molecule has 3 N–H and O–H groups in total. The third-order valence-electron chi connectivity index (χ3n) is 3.41. The van der Waals surface area contributed by atoms with Gasteiger partial charge < -0.3 is 5.73 Å². The first kappa shape index (κ1) is 15.8. The van der Waals surface area contributed by atoms with Gasteiger partial charge in [-0.1, -0.05) is 32.5 Å². The highest BCUT2D eigenvalue weighted by atomic mass is 32.2. The zero-order chi connectivity index (χ0) is 14.0. The second-order valence-corrected chi connectivity index (χ2v) is 7.68. The highest BCUT2D eigenvalue weighted by Crippen LogP contribution is 2.20. The van der Waals surface area contributed by atoms with Gasteiger partial charge in [0.05, 0.1) is 4.99 Å². The van der Waals surface area contributed by atoms with Gasteiger partial charge >= 0.3 is 0 Å². The van der Waals surface area contributed by atoms with E-state index in [0.29, 0.717) is 11.5 Å². The number of piperidine rings is 1. The van der Waals surface area contributed by atoms with Crippen LogP contribution >= 0.6 is 12.2 Å². The summed E-state index contributed by atoms with van der Waals surface area (Å²) >= 11 is 4.93. The van der Waals surface area contributed by atoms with Crippen LogP contribution in [0.4, 0.5) is 0 Å². The van der Waals surface area contributed by atoms with E-state index in [1.807, 2.05) is 20.8 Å². The topological polar surface area (TPSA) is 75.4 Å². The molecule has 0 aromatic rings. The van der Waals surface area contributed by atoms with Crippen LogP contribution in [-0.4, -0.2) is 36.8 Å². The monoisotopic (exact) mass is 293 g/mol. The van der Waals surface area contributed by atoms with E-state index in [-0.39, 0.29) is 12.6 Å². The van der Waals surface area contributed by atoms with Crippen molar-refractivity contribution in [3.05, 3.63) is 0 Å². The number of thiocarbonyl (C=S) groups is 1. The van der Waals surface area contributed by atoms with Crippen LogP contribution in [0.25, 0.3) is 0 Å². The van der Waals surface area contributed by atoms with Gasteiger partial charge in [0.2, 0.25) is 0 Å². The number of nitrogens with two attached hydrogens (primary N) is 1. The van der Waals surface area contributed by atoms with Gasteiger partial charge in [0.15, 0.2) is 0 Å². The molecule has 18 heavy (non-hydrogen) atoms. The first-order valence-corrected chi connectivity index (χ1v) is 8.08. The van der Waals surface area contributed by atoms with Crippen LogP contribution in [0.2, 0.25) is 0 Å². The van der Waals surface area contributed by atoms with Gasteiger partial charge in [-0.2, -0.15) is 12.7 Å². The summed E-state index contributed by atoms with van der Waals surface area (Å²) in [5.74, 6) is 0. The molecule has 0 aromatic carbocycles. The molecule has 1 heterocycles. The van der Waals surface area contributed by atoms with Crippen molar-refractivity contribution < 1.29 is 8.42 Å². The van der Waals surface area contributed by atoms with Crippen molar-refractivity contribution in [1.29, 1.82) is 0 Å². The molecule has 1 fully saturated rings. The van der Waals surface area contributed by atoms with Crippen molar-refractivity contribution in [3.8, 4) is 0 Å². The largest absolute Gasteiger partial charge is 0.393 e. The van der Waals surface area contributed by atoms with E-state index < -0.39 is 15.6 Å². The molecular weight excluding hydrogens is 270 g/mol. The number of hydrogen-bond donors (Lipinski definition) is 2. The number of rotatable bonds is 5. The molecule has 1 saturated heterocycles. The Bertz CT molecular complexity index is 407. The van der Waals surface area contributed by atoms with Crippen LogP contribution in [-0.2, 0) is 10.2 Å². The fraction of sp³-hybridized carbons (Fsp3) is 0.909. The van der Waals surface area contributed by atoms with E-state index in [1.165, 1.54) is 4.31 Å². The summed E-state index contributed by atoms with van der Waals surface area (Å²) in [5, 5.41) is 0. The van der Waals surface area contributed by atoms with Crippen LogP contribution in [0.15, 0.2) is 0 Å². The molecule has 0 aliphatic carbocycles. The van der Waals surface area contributed by atoms with Crippen molar-refractivity contribution >= 4 is 27.4 Å². The summed E-state index contributed by atoms with van der Waals surface area (Å²) in [6.07, 6.45) is 2.93. The molecular formula is C11H23N3O2S2. The van der Waals surface area contributed by atoms with E-state index in [4.69, 9.17) is 18.0 Å². The molecule has 1 atom stereocenters. The first-order valence-electron chi connectivity index (χ1n) is 6.23. The number of nitrogens with one attached hydrogen (secondary N) is 1. The Balaban J connectivity index is 2.67. The Morgan fingerprint density at radius 2 is 2.11 bits per heavy atom. The SMILES string of the molecule is CC1CCCCN1S(=O)(=O)NCC(C)(C)C(N)=S. The summed E-state index contributed by atoms with van der Waals surface area (Å²) in [7, 11) is -3.43. The summed E-state index contributed by atoms with van der Waals surface area (Å²) in [4.78, 5) is 0.317. The molecule has 0 aromatic heterocycles. The predicted octanol–water partition coefficient (Wildman–Crippen LogP) is 1.01. The third-order valence-corrected chi connectivity index (χ3v) is 5.64. The van der Waals surface area contributed by atoms with Crippen LogP contribution in [0, 0.1) is 5.41 Å². The lowest BCUT2D eigenvalue weighted by atomic mass is 9.94. The minimum Gasteiger partial charge on any atom is -0.393 e. The van der Waals surface area contributed by atoms with E-state index in [1.54, 1.807) is 0 Å². The van der Waals surface area contributed by atoms with Crippen molar-refractivity contribution in [1.82, 2.24) is 9.03 Å². The maximum absolute atomic E-state index is 12.2. The lowest BCUT2D eigenvalue weighted by Gasteiger charge is -2.33. The Labute approximate surface area is 115 Å². The predicted molar refractivity (Wildman–Crippen MR) is 77.5 cm³/mol. The third kappa shape index (κ3) is 3.88. The van der Waals surface area contributed by atoms with Crippen LogP contribution in [0.3, 0.4) is 0 Å². The van der Waals surface area contributed by atoms with Gasteiger partial charge in [-0.3, -0.25) is 0 Å². The van der Waals surface area contributed by atoms with Crippen LogP contribution in [0.5, 0.6) is 0 Å².